The Labute approximate surface area is 123 Å². The molecule has 7 heteroatoms. The number of halogens is 2. The highest BCUT2D eigenvalue weighted by atomic mass is 35.5. The lowest BCUT2D eigenvalue weighted by Crippen LogP contribution is -2.30. The summed E-state index contributed by atoms with van der Waals surface area (Å²) < 4.78 is 26.7. The average molecular weight is 323 g/mol. The maximum absolute atomic E-state index is 12.1. The first-order valence-electron chi connectivity index (χ1n) is 6.16. The van der Waals surface area contributed by atoms with Crippen molar-refractivity contribution in [3.05, 3.63) is 28.2 Å². The first kappa shape index (κ1) is 15.1. The molecule has 0 amide bonds. The summed E-state index contributed by atoms with van der Waals surface area (Å²) in [6.07, 6.45) is 3.04. The smallest absolute Gasteiger partial charge is 0.240 e. The van der Waals surface area contributed by atoms with E-state index in [2.05, 4.69) is 10.0 Å². The standard InChI is InChI=1S/C12H16Cl2N2O2S/c13-9-6-10(14)8-12(7-9)19(17,18)16-5-3-11-2-1-4-15-11/h6-8,11,15-16H,1-5H2/t11-/m1/s1. The second-order valence-corrected chi connectivity index (χ2v) is 7.22. The topological polar surface area (TPSA) is 58.2 Å². The van der Waals surface area contributed by atoms with E-state index in [0.29, 0.717) is 22.6 Å². The van der Waals surface area contributed by atoms with Gasteiger partial charge in [-0.15, -0.1) is 0 Å². The average Bonchev–Trinajstić information content (AvgIpc) is 2.80. The molecule has 0 bridgehead atoms. The lowest BCUT2D eigenvalue weighted by atomic mass is 10.2. The van der Waals surface area contributed by atoms with Gasteiger partial charge in [-0.2, -0.15) is 0 Å². The largest absolute Gasteiger partial charge is 0.314 e. The van der Waals surface area contributed by atoms with Gasteiger partial charge in [0.15, 0.2) is 0 Å². The zero-order valence-electron chi connectivity index (χ0n) is 10.3. The van der Waals surface area contributed by atoms with E-state index in [1.807, 2.05) is 0 Å². The van der Waals surface area contributed by atoms with Crippen LogP contribution in [0.3, 0.4) is 0 Å². The van der Waals surface area contributed by atoms with Crippen molar-refractivity contribution >= 4 is 33.2 Å². The minimum absolute atomic E-state index is 0.101. The SMILES string of the molecule is O=S(=O)(NCC[C@H]1CCCN1)c1cc(Cl)cc(Cl)c1. The summed E-state index contributed by atoms with van der Waals surface area (Å²) in [6, 6.07) is 4.70. The lowest BCUT2D eigenvalue weighted by Gasteiger charge is -2.11. The molecule has 1 aromatic carbocycles. The normalized spacial score (nSPS) is 19.8. The van der Waals surface area contributed by atoms with E-state index in [4.69, 9.17) is 23.2 Å². The van der Waals surface area contributed by atoms with Crippen molar-refractivity contribution < 1.29 is 8.42 Å². The van der Waals surface area contributed by atoms with Crippen LogP contribution >= 0.6 is 23.2 Å². The second-order valence-electron chi connectivity index (χ2n) is 4.58. The van der Waals surface area contributed by atoms with Gasteiger partial charge in [0.25, 0.3) is 0 Å². The molecule has 2 N–H and O–H groups in total. The number of hydrogen-bond acceptors (Lipinski definition) is 3. The molecule has 1 aliphatic rings. The predicted octanol–water partition coefficient (Wildman–Crippen LogP) is 2.41. The van der Waals surface area contributed by atoms with Gasteiger partial charge in [-0.3, -0.25) is 0 Å². The molecule has 1 heterocycles. The Morgan fingerprint density at radius 3 is 2.53 bits per heavy atom. The van der Waals surface area contributed by atoms with Crippen molar-refractivity contribution in [3.63, 3.8) is 0 Å². The van der Waals surface area contributed by atoms with Gasteiger partial charge in [0.2, 0.25) is 10.0 Å². The van der Waals surface area contributed by atoms with Crippen LogP contribution in [-0.2, 0) is 10.0 Å². The molecule has 1 fully saturated rings. The summed E-state index contributed by atoms with van der Waals surface area (Å²) in [5, 5.41) is 3.94. The fourth-order valence-corrected chi connectivity index (χ4v) is 3.91. The van der Waals surface area contributed by atoms with Crippen LogP contribution in [0, 0.1) is 0 Å². The fourth-order valence-electron chi connectivity index (χ4n) is 2.14. The molecule has 0 spiro atoms. The minimum Gasteiger partial charge on any atom is -0.314 e. The predicted molar refractivity (Wildman–Crippen MR) is 77.3 cm³/mol. The monoisotopic (exact) mass is 322 g/mol. The quantitative estimate of drug-likeness (QED) is 0.875. The zero-order valence-corrected chi connectivity index (χ0v) is 12.7. The fraction of sp³-hybridized carbons (Fsp3) is 0.500. The highest BCUT2D eigenvalue weighted by Crippen LogP contribution is 2.22. The van der Waals surface area contributed by atoms with Crippen molar-refractivity contribution in [1.82, 2.24) is 10.0 Å². The van der Waals surface area contributed by atoms with Crippen LogP contribution in [0.1, 0.15) is 19.3 Å². The first-order valence-corrected chi connectivity index (χ1v) is 8.40. The van der Waals surface area contributed by atoms with Crippen molar-refractivity contribution in [2.75, 3.05) is 13.1 Å². The Morgan fingerprint density at radius 2 is 1.95 bits per heavy atom. The van der Waals surface area contributed by atoms with Crippen molar-refractivity contribution in [1.29, 1.82) is 0 Å². The Hall–Kier alpha value is -0.330. The second kappa shape index (κ2) is 6.41. The molecule has 0 unspecified atom stereocenters. The highest BCUT2D eigenvalue weighted by molar-refractivity contribution is 7.89. The molecular weight excluding hydrogens is 307 g/mol. The van der Waals surface area contributed by atoms with Crippen LogP contribution in [0.2, 0.25) is 10.0 Å². The molecule has 1 aliphatic heterocycles. The van der Waals surface area contributed by atoms with Gasteiger partial charge < -0.3 is 5.32 Å². The van der Waals surface area contributed by atoms with Gasteiger partial charge in [-0.1, -0.05) is 23.2 Å². The third-order valence-electron chi connectivity index (χ3n) is 3.09. The van der Waals surface area contributed by atoms with E-state index in [-0.39, 0.29) is 4.90 Å². The number of rotatable bonds is 5. The van der Waals surface area contributed by atoms with Crippen molar-refractivity contribution in [2.24, 2.45) is 0 Å². The van der Waals surface area contributed by atoms with Crippen molar-refractivity contribution in [3.8, 4) is 0 Å². The highest BCUT2D eigenvalue weighted by Gasteiger charge is 2.18. The van der Waals surface area contributed by atoms with E-state index >= 15 is 0 Å². The summed E-state index contributed by atoms with van der Waals surface area (Å²) >= 11 is 11.6. The molecule has 0 saturated carbocycles. The first-order chi connectivity index (χ1) is 8.97. The van der Waals surface area contributed by atoms with Gasteiger partial charge in [0.05, 0.1) is 4.90 Å². The van der Waals surface area contributed by atoms with Gasteiger partial charge in [0.1, 0.15) is 0 Å². The Morgan fingerprint density at radius 1 is 1.26 bits per heavy atom. The summed E-state index contributed by atoms with van der Waals surface area (Å²) in [4.78, 5) is 0.101. The van der Waals surface area contributed by atoms with Crippen LogP contribution in [0.4, 0.5) is 0 Å². The van der Waals surface area contributed by atoms with E-state index in [1.54, 1.807) is 0 Å². The molecule has 106 valence electrons. The number of sulfonamides is 1. The summed E-state index contributed by atoms with van der Waals surface area (Å²) in [6.45, 7) is 1.42. The molecule has 1 saturated heterocycles. The van der Waals surface area contributed by atoms with Gasteiger partial charge in [-0.05, 0) is 44.0 Å². The van der Waals surface area contributed by atoms with Crippen molar-refractivity contribution in [2.45, 2.75) is 30.2 Å². The summed E-state index contributed by atoms with van der Waals surface area (Å²) in [7, 11) is -3.54. The van der Waals surface area contributed by atoms with Crippen LogP contribution in [0.15, 0.2) is 23.1 Å². The van der Waals surface area contributed by atoms with Crippen LogP contribution in [0.5, 0.6) is 0 Å². The molecule has 1 aromatic rings. The van der Waals surface area contributed by atoms with Crippen LogP contribution in [0.25, 0.3) is 0 Å². The molecule has 2 rings (SSSR count). The lowest BCUT2D eigenvalue weighted by molar-refractivity contribution is 0.539. The molecule has 0 aliphatic carbocycles. The molecular formula is C12H16Cl2N2O2S. The minimum atomic E-state index is -3.54. The maximum atomic E-state index is 12.1. The van der Waals surface area contributed by atoms with Gasteiger partial charge in [-0.25, -0.2) is 13.1 Å². The Balaban J connectivity index is 1.97. The Bertz CT molecular complexity index is 522. The summed E-state index contributed by atoms with van der Waals surface area (Å²) in [5.41, 5.74) is 0. The van der Waals surface area contributed by atoms with E-state index in [9.17, 15) is 8.42 Å². The van der Waals surface area contributed by atoms with E-state index < -0.39 is 10.0 Å². The third-order valence-corrected chi connectivity index (χ3v) is 4.97. The number of benzene rings is 1. The van der Waals surface area contributed by atoms with E-state index in [1.165, 1.54) is 18.2 Å². The van der Waals surface area contributed by atoms with Gasteiger partial charge >= 0.3 is 0 Å². The zero-order chi connectivity index (χ0) is 13.9. The van der Waals surface area contributed by atoms with Gasteiger partial charge in [0, 0.05) is 22.6 Å². The number of hydrogen-bond donors (Lipinski definition) is 2. The van der Waals surface area contributed by atoms with Crippen LogP contribution < -0.4 is 10.0 Å². The molecule has 0 aromatic heterocycles. The van der Waals surface area contributed by atoms with Crippen LogP contribution in [-0.4, -0.2) is 27.5 Å². The Kier molecular flexibility index (Phi) is 5.09. The number of nitrogens with one attached hydrogen (secondary N) is 2. The molecule has 1 atom stereocenters. The third kappa shape index (κ3) is 4.33. The maximum Gasteiger partial charge on any atom is 0.240 e. The molecule has 4 nitrogen and oxygen atoms in total. The molecule has 0 radical (unpaired) electrons. The van der Waals surface area contributed by atoms with E-state index in [0.717, 1.165) is 25.8 Å². The summed E-state index contributed by atoms with van der Waals surface area (Å²) in [5.74, 6) is 0. The molecule has 19 heavy (non-hydrogen) atoms.